The number of aliphatic hydroxyl groups is 1. The van der Waals surface area contributed by atoms with Gasteiger partial charge < -0.3 is 10.2 Å². The Kier molecular flexibility index (Phi) is 4.87. The molecule has 0 saturated heterocycles. The molecule has 4 nitrogen and oxygen atoms in total. The van der Waals surface area contributed by atoms with Gasteiger partial charge in [0, 0.05) is 6.54 Å². The third-order valence-corrected chi connectivity index (χ3v) is 3.06. The van der Waals surface area contributed by atoms with Gasteiger partial charge in [-0.05, 0) is 16.7 Å². The van der Waals surface area contributed by atoms with Crippen molar-refractivity contribution in [2.75, 3.05) is 0 Å². The summed E-state index contributed by atoms with van der Waals surface area (Å²) in [4.78, 5) is 11.3. The van der Waals surface area contributed by atoms with Crippen LogP contribution in [0.1, 0.15) is 22.7 Å². The van der Waals surface area contributed by atoms with Crippen LogP contribution in [-0.4, -0.2) is 16.2 Å². The van der Waals surface area contributed by atoms with E-state index in [-0.39, 0.29) is 6.61 Å². The lowest BCUT2D eigenvalue weighted by Crippen LogP contribution is -2.28. The van der Waals surface area contributed by atoms with Crippen molar-refractivity contribution in [1.29, 1.82) is 0 Å². The second-order valence-electron chi connectivity index (χ2n) is 4.54. The molecule has 1 atom stereocenters. The zero-order valence-electron chi connectivity index (χ0n) is 11.0. The fourth-order valence-electron chi connectivity index (χ4n) is 2.05. The van der Waals surface area contributed by atoms with E-state index in [1.807, 2.05) is 42.5 Å². The van der Waals surface area contributed by atoms with E-state index in [0.717, 1.165) is 16.7 Å². The maximum atomic E-state index is 11.3. The molecule has 0 fully saturated rings. The minimum Gasteiger partial charge on any atom is -0.480 e. The van der Waals surface area contributed by atoms with Crippen LogP contribution in [0.3, 0.4) is 0 Å². The molecule has 0 aliphatic carbocycles. The van der Waals surface area contributed by atoms with Crippen LogP contribution in [0.2, 0.25) is 0 Å². The van der Waals surface area contributed by atoms with Crippen molar-refractivity contribution in [2.45, 2.75) is 19.2 Å². The fraction of sp³-hybridized carbons (Fsp3) is 0.188. The third kappa shape index (κ3) is 3.66. The Hall–Kier alpha value is -2.17. The zero-order chi connectivity index (χ0) is 14.4. The topological polar surface area (TPSA) is 69.6 Å². The summed E-state index contributed by atoms with van der Waals surface area (Å²) in [6.07, 6.45) is 0. The van der Waals surface area contributed by atoms with E-state index in [9.17, 15) is 9.90 Å². The summed E-state index contributed by atoms with van der Waals surface area (Å²) >= 11 is 0. The van der Waals surface area contributed by atoms with E-state index in [4.69, 9.17) is 5.11 Å². The largest absolute Gasteiger partial charge is 0.480 e. The summed E-state index contributed by atoms with van der Waals surface area (Å²) in [5, 5.41) is 21.4. The average molecular weight is 271 g/mol. The summed E-state index contributed by atoms with van der Waals surface area (Å²) in [7, 11) is 0. The number of aliphatic carboxylic acids is 1. The highest BCUT2D eigenvalue weighted by Gasteiger charge is 2.18. The highest BCUT2D eigenvalue weighted by Crippen LogP contribution is 2.14. The summed E-state index contributed by atoms with van der Waals surface area (Å²) in [5.74, 6) is -0.908. The van der Waals surface area contributed by atoms with Gasteiger partial charge in [0.2, 0.25) is 0 Å². The highest BCUT2D eigenvalue weighted by molar-refractivity contribution is 5.75. The fourth-order valence-corrected chi connectivity index (χ4v) is 2.05. The molecule has 0 saturated carbocycles. The zero-order valence-corrected chi connectivity index (χ0v) is 11.0. The molecule has 0 radical (unpaired) electrons. The molecule has 0 bridgehead atoms. The molecule has 0 amide bonds. The molecular weight excluding hydrogens is 254 g/mol. The van der Waals surface area contributed by atoms with Gasteiger partial charge in [-0.1, -0.05) is 54.6 Å². The first-order valence-corrected chi connectivity index (χ1v) is 6.40. The summed E-state index contributed by atoms with van der Waals surface area (Å²) < 4.78 is 0. The average Bonchev–Trinajstić information content (AvgIpc) is 2.48. The Bertz CT molecular complexity index is 569. The molecule has 0 aromatic heterocycles. The van der Waals surface area contributed by atoms with Crippen molar-refractivity contribution in [1.82, 2.24) is 5.32 Å². The van der Waals surface area contributed by atoms with Crippen LogP contribution in [0.25, 0.3) is 0 Å². The number of hydrogen-bond acceptors (Lipinski definition) is 3. The SMILES string of the molecule is O=C(O)C(NCc1cccc(CO)c1)c1ccccc1. The first-order valence-electron chi connectivity index (χ1n) is 6.40. The van der Waals surface area contributed by atoms with E-state index in [1.165, 1.54) is 0 Å². The number of nitrogens with one attached hydrogen (secondary N) is 1. The second kappa shape index (κ2) is 6.84. The predicted octanol–water partition coefficient (Wildman–Crippen LogP) is 2.09. The lowest BCUT2D eigenvalue weighted by molar-refractivity contribution is -0.139. The first kappa shape index (κ1) is 14.2. The van der Waals surface area contributed by atoms with E-state index in [0.29, 0.717) is 6.54 Å². The molecule has 3 N–H and O–H groups in total. The van der Waals surface area contributed by atoms with Crippen LogP contribution in [0.15, 0.2) is 54.6 Å². The van der Waals surface area contributed by atoms with Crippen LogP contribution in [0.4, 0.5) is 0 Å². The molecule has 0 aliphatic rings. The Labute approximate surface area is 117 Å². The van der Waals surface area contributed by atoms with E-state index in [1.54, 1.807) is 12.1 Å². The number of carboxylic acid groups (broad SMARTS) is 1. The summed E-state index contributed by atoms with van der Waals surface area (Å²) in [5.41, 5.74) is 2.48. The molecule has 20 heavy (non-hydrogen) atoms. The molecule has 4 heteroatoms. The lowest BCUT2D eigenvalue weighted by Gasteiger charge is -2.15. The van der Waals surface area contributed by atoms with Crippen LogP contribution in [0, 0.1) is 0 Å². The molecule has 104 valence electrons. The van der Waals surface area contributed by atoms with Crippen LogP contribution >= 0.6 is 0 Å². The third-order valence-electron chi connectivity index (χ3n) is 3.06. The number of aliphatic hydroxyl groups excluding tert-OH is 1. The normalized spacial score (nSPS) is 12.1. The van der Waals surface area contributed by atoms with Crippen molar-refractivity contribution in [3.63, 3.8) is 0 Å². The molecule has 0 heterocycles. The van der Waals surface area contributed by atoms with Crippen molar-refractivity contribution >= 4 is 5.97 Å². The van der Waals surface area contributed by atoms with Crippen LogP contribution in [0.5, 0.6) is 0 Å². The number of carbonyl (C=O) groups is 1. The second-order valence-corrected chi connectivity index (χ2v) is 4.54. The van der Waals surface area contributed by atoms with Crippen molar-refractivity contribution in [2.24, 2.45) is 0 Å². The van der Waals surface area contributed by atoms with Crippen molar-refractivity contribution < 1.29 is 15.0 Å². The Morgan fingerprint density at radius 3 is 2.40 bits per heavy atom. The number of benzene rings is 2. The molecule has 1 unspecified atom stereocenters. The molecule has 0 aliphatic heterocycles. The van der Waals surface area contributed by atoms with Gasteiger partial charge >= 0.3 is 5.97 Å². The number of carboxylic acids is 1. The van der Waals surface area contributed by atoms with Gasteiger partial charge in [-0.2, -0.15) is 0 Å². The van der Waals surface area contributed by atoms with Gasteiger partial charge in [-0.15, -0.1) is 0 Å². The smallest absolute Gasteiger partial charge is 0.325 e. The monoisotopic (exact) mass is 271 g/mol. The molecule has 2 aromatic rings. The lowest BCUT2D eigenvalue weighted by atomic mass is 10.1. The minimum absolute atomic E-state index is 0.0190. The molecule has 2 rings (SSSR count). The van der Waals surface area contributed by atoms with Gasteiger partial charge in [0.1, 0.15) is 6.04 Å². The van der Waals surface area contributed by atoms with Gasteiger partial charge in [0.15, 0.2) is 0 Å². The maximum Gasteiger partial charge on any atom is 0.325 e. The van der Waals surface area contributed by atoms with Crippen molar-refractivity contribution in [3.8, 4) is 0 Å². The van der Waals surface area contributed by atoms with Crippen LogP contribution < -0.4 is 5.32 Å². The van der Waals surface area contributed by atoms with Gasteiger partial charge in [-0.25, -0.2) is 0 Å². The van der Waals surface area contributed by atoms with E-state index >= 15 is 0 Å². The summed E-state index contributed by atoms with van der Waals surface area (Å²) in [6, 6.07) is 15.8. The quantitative estimate of drug-likeness (QED) is 0.752. The molecular formula is C16H17NO3. The minimum atomic E-state index is -0.908. The number of hydrogen-bond donors (Lipinski definition) is 3. The maximum absolute atomic E-state index is 11.3. The molecule has 2 aromatic carbocycles. The van der Waals surface area contributed by atoms with Gasteiger partial charge in [-0.3, -0.25) is 10.1 Å². The Morgan fingerprint density at radius 2 is 1.75 bits per heavy atom. The summed E-state index contributed by atoms with van der Waals surface area (Å²) in [6.45, 7) is 0.411. The Morgan fingerprint density at radius 1 is 1.05 bits per heavy atom. The molecule has 0 spiro atoms. The van der Waals surface area contributed by atoms with E-state index in [2.05, 4.69) is 5.32 Å². The van der Waals surface area contributed by atoms with Crippen LogP contribution in [-0.2, 0) is 17.9 Å². The number of rotatable bonds is 6. The predicted molar refractivity (Wildman–Crippen MR) is 76.0 cm³/mol. The van der Waals surface area contributed by atoms with Crippen molar-refractivity contribution in [3.05, 3.63) is 71.3 Å². The first-order chi connectivity index (χ1) is 9.70. The van der Waals surface area contributed by atoms with Gasteiger partial charge in [0.25, 0.3) is 0 Å². The van der Waals surface area contributed by atoms with Gasteiger partial charge in [0.05, 0.1) is 6.61 Å². The van der Waals surface area contributed by atoms with E-state index < -0.39 is 12.0 Å². The Balaban J connectivity index is 2.08. The standard InChI is InChI=1S/C16H17NO3/c18-11-13-6-4-5-12(9-13)10-17-15(16(19)20)14-7-2-1-3-8-14/h1-9,15,17-18H,10-11H2,(H,19,20). The highest BCUT2D eigenvalue weighted by atomic mass is 16.4.